The van der Waals surface area contributed by atoms with Gasteiger partial charge in [-0.15, -0.1) is 0 Å². The second-order valence-corrected chi connectivity index (χ2v) is 5.89. The van der Waals surface area contributed by atoms with Crippen molar-refractivity contribution < 1.29 is 9.50 Å². The highest BCUT2D eigenvalue weighted by Crippen LogP contribution is 2.20. The van der Waals surface area contributed by atoms with Crippen molar-refractivity contribution in [2.45, 2.75) is 19.4 Å². The molecule has 0 unspecified atom stereocenters. The Labute approximate surface area is 119 Å². The summed E-state index contributed by atoms with van der Waals surface area (Å²) in [5.41, 5.74) is 0.401. The van der Waals surface area contributed by atoms with Gasteiger partial charge in [-0.05, 0) is 32.0 Å². The van der Waals surface area contributed by atoms with Gasteiger partial charge in [0.05, 0.1) is 17.2 Å². The van der Waals surface area contributed by atoms with Gasteiger partial charge in [0.15, 0.2) is 0 Å². The van der Waals surface area contributed by atoms with Crippen LogP contribution in [-0.2, 0) is 0 Å². The van der Waals surface area contributed by atoms with Crippen LogP contribution in [0.5, 0.6) is 0 Å². The van der Waals surface area contributed by atoms with Crippen LogP contribution in [0, 0.1) is 17.1 Å². The minimum Gasteiger partial charge on any atom is -0.389 e. The lowest BCUT2D eigenvalue weighted by molar-refractivity contribution is 0.0345. The highest BCUT2D eigenvalue weighted by atomic mass is 19.1. The average molecular weight is 277 g/mol. The van der Waals surface area contributed by atoms with Gasteiger partial charge in [0.2, 0.25) is 0 Å². The van der Waals surface area contributed by atoms with E-state index in [1.165, 1.54) is 12.1 Å². The molecule has 4 nitrogen and oxygen atoms in total. The highest BCUT2D eigenvalue weighted by Gasteiger charge is 2.23. The van der Waals surface area contributed by atoms with Crippen LogP contribution in [0.15, 0.2) is 18.2 Å². The van der Waals surface area contributed by atoms with Crippen molar-refractivity contribution >= 4 is 5.69 Å². The number of β-amino-alcohol motifs (C(OH)–C–C–N with tert-alkyl or cyclic N) is 1. The summed E-state index contributed by atoms with van der Waals surface area (Å²) >= 11 is 0. The van der Waals surface area contributed by atoms with Crippen LogP contribution in [-0.4, -0.2) is 48.3 Å². The van der Waals surface area contributed by atoms with Crippen LogP contribution < -0.4 is 4.90 Å². The van der Waals surface area contributed by atoms with E-state index in [1.807, 2.05) is 6.07 Å². The standard InChI is InChI=1S/C15H20FN3O/c1-15(2,20)11-18-3-5-19(6-4-18)14-8-12(10-17)7-13(16)9-14/h7-9,20H,3-6,11H2,1-2H3. The lowest BCUT2D eigenvalue weighted by Gasteiger charge is -2.38. The third kappa shape index (κ3) is 3.92. The maximum atomic E-state index is 13.4. The minimum atomic E-state index is -0.699. The Balaban J connectivity index is 2.01. The number of rotatable bonds is 3. The van der Waals surface area contributed by atoms with Crippen molar-refractivity contribution in [2.24, 2.45) is 0 Å². The molecule has 1 aromatic carbocycles. The monoisotopic (exact) mass is 277 g/mol. The van der Waals surface area contributed by atoms with Gasteiger partial charge in [-0.25, -0.2) is 4.39 Å². The number of nitrogens with zero attached hydrogens (tertiary/aromatic N) is 3. The number of benzene rings is 1. The van der Waals surface area contributed by atoms with Gasteiger partial charge in [0.1, 0.15) is 5.82 Å². The van der Waals surface area contributed by atoms with Crippen molar-refractivity contribution in [2.75, 3.05) is 37.6 Å². The fourth-order valence-electron chi connectivity index (χ4n) is 2.53. The molecule has 1 aliphatic rings. The van der Waals surface area contributed by atoms with Gasteiger partial charge in [-0.1, -0.05) is 0 Å². The lowest BCUT2D eigenvalue weighted by atomic mass is 10.1. The Morgan fingerprint density at radius 3 is 2.45 bits per heavy atom. The molecule has 0 atom stereocenters. The predicted molar refractivity (Wildman–Crippen MR) is 76.1 cm³/mol. The smallest absolute Gasteiger partial charge is 0.126 e. The van der Waals surface area contributed by atoms with Crippen molar-refractivity contribution in [1.29, 1.82) is 5.26 Å². The number of halogens is 1. The first kappa shape index (κ1) is 14.8. The van der Waals surface area contributed by atoms with Crippen LogP contribution in [0.1, 0.15) is 19.4 Å². The van der Waals surface area contributed by atoms with E-state index >= 15 is 0 Å². The first-order chi connectivity index (χ1) is 9.37. The Morgan fingerprint density at radius 2 is 1.90 bits per heavy atom. The van der Waals surface area contributed by atoms with Crippen LogP contribution >= 0.6 is 0 Å². The zero-order valence-electron chi connectivity index (χ0n) is 11.9. The second kappa shape index (κ2) is 5.78. The molecule has 0 radical (unpaired) electrons. The summed E-state index contributed by atoms with van der Waals surface area (Å²) in [5.74, 6) is -0.377. The van der Waals surface area contributed by atoms with E-state index in [0.717, 1.165) is 31.9 Å². The second-order valence-electron chi connectivity index (χ2n) is 5.89. The van der Waals surface area contributed by atoms with Gasteiger partial charge in [0.25, 0.3) is 0 Å². The zero-order chi connectivity index (χ0) is 14.8. The molecule has 0 amide bonds. The molecular formula is C15H20FN3O. The summed E-state index contributed by atoms with van der Waals surface area (Å²) in [5, 5.41) is 18.7. The summed E-state index contributed by atoms with van der Waals surface area (Å²) in [7, 11) is 0. The molecule has 1 aromatic rings. The van der Waals surface area contributed by atoms with Crippen LogP contribution in [0.25, 0.3) is 0 Å². The Morgan fingerprint density at radius 1 is 1.25 bits per heavy atom. The van der Waals surface area contributed by atoms with E-state index in [1.54, 1.807) is 19.9 Å². The Hall–Kier alpha value is -1.64. The largest absolute Gasteiger partial charge is 0.389 e. The quantitative estimate of drug-likeness (QED) is 0.911. The molecule has 20 heavy (non-hydrogen) atoms. The predicted octanol–water partition coefficient (Wildman–Crippen LogP) is 1.59. The fourth-order valence-corrected chi connectivity index (χ4v) is 2.53. The molecule has 0 bridgehead atoms. The third-order valence-electron chi connectivity index (χ3n) is 3.36. The third-order valence-corrected chi connectivity index (χ3v) is 3.36. The van der Waals surface area contributed by atoms with Gasteiger partial charge >= 0.3 is 0 Å². The topological polar surface area (TPSA) is 50.5 Å². The van der Waals surface area contributed by atoms with E-state index in [9.17, 15) is 9.50 Å². The molecule has 2 rings (SSSR count). The summed E-state index contributed by atoms with van der Waals surface area (Å²) in [6, 6.07) is 6.40. The van der Waals surface area contributed by atoms with E-state index in [-0.39, 0.29) is 5.82 Å². The van der Waals surface area contributed by atoms with E-state index in [2.05, 4.69) is 9.80 Å². The number of anilines is 1. The molecule has 0 spiro atoms. The molecule has 5 heteroatoms. The molecule has 0 aliphatic carbocycles. The normalized spacial score (nSPS) is 17.1. The molecule has 0 saturated carbocycles. The maximum Gasteiger partial charge on any atom is 0.126 e. The zero-order valence-corrected chi connectivity index (χ0v) is 11.9. The number of hydrogen-bond acceptors (Lipinski definition) is 4. The molecular weight excluding hydrogens is 257 g/mol. The molecule has 1 fully saturated rings. The molecule has 1 aliphatic heterocycles. The first-order valence-corrected chi connectivity index (χ1v) is 6.78. The average Bonchev–Trinajstić information content (AvgIpc) is 2.37. The Bertz CT molecular complexity index is 511. The summed E-state index contributed by atoms with van der Waals surface area (Å²) < 4.78 is 13.4. The number of aliphatic hydroxyl groups is 1. The Kier molecular flexibility index (Phi) is 4.26. The SMILES string of the molecule is CC(C)(O)CN1CCN(c2cc(F)cc(C#N)c2)CC1. The maximum absolute atomic E-state index is 13.4. The first-order valence-electron chi connectivity index (χ1n) is 6.78. The van der Waals surface area contributed by atoms with Gasteiger partial charge in [-0.3, -0.25) is 4.90 Å². The molecule has 1 saturated heterocycles. The lowest BCUT2D eigenvalue weighted by Crippen LogP contribution is -2.50. The van der Waals surface area contributed by atoms with Gasteiger partial charge in [-0.2, -0.15) is 5.26 Å². The van der Waals surface area contributed by atoms with Crippen molar-refractivity contribution in [3.05, 3.63) is 29.6 Å². The van der Waals surface area contributed by atoms with Crippen LogP contribution in [0.3, 0.4) is 0 Å². The molecule has 0 aromatic heterocycles. The van der Waals surface area contributed by atoms with E-state index in [4.69, 9.17) is 5.26 Å². The molecule has 1 heterocycles. The van der Waals surface area contributed by atoms with Crippen LogP contribution in [0.4, 0.5) is 10.1 Å². The minimum absolute atomic E-state index is 0.346. The number of hydrogen-bond donors (Lipinski definition) is 1. The van der Waals surface area contributed by atoms with Gasteiger partial charge < -0.3 is 10.0 Å². The molecule has 1 N–H and O–H groups in total. The number of piperazine rings is 1. The summed E-state index contributed by atoms with van der Waals surface area (Å²) in [6.45, 7) is 7.41. The van der Waals surface area contributed by atoms with E-state index in [0.29, 0.717) is 12.1 Å². The van der Waals surface area contributed by atoms with Gasteiger partial charge in [0, 0.05) is 38.4 Å². The fraction of sp³-hybridized carbons (Fsp3) is 0.533. The van der Waals surface area contributed by atoms with E-state index < -0.39 is 5.60 Å². The van der Waals surface area contributed by atoms with Crippen molar-refractivity contribution in [3.8, 4) is 6.07 Å². The highest BCUT2D eigenvalue weighted by molar-refractivity contribution is 5.52. The summed E-state index contributed by atoms with van der Waals surface area (Å²) in [6.07, 6.45) is 0. The van der Waals surface area contributed by atoms with Crippen molar-refractivity contribution in [3.63, 3.8) is 0 Å². The van der Waals surface area contributed by atoms with Crippen LogP contribution in [0.2, 0.25) is 0 Å². The summed E-state index contributed by atoms with van der Waals surface area (Å²) in [4.78, 5) is 4.27. The number of nitriles is 1. The molecule has 108 valence electrons. The van der Waals surface area contributed by atoms with Crippen molar-refractivity contribution in [1.82, 2.24) is 4.90 Å².